The van der Waals surface area contributed by atoms with Crippen molar-refractivity contribution >= 4 is 0 Å². The van der Waals surface area contributed by atoms with Crippen molar-refractivity contribution in [1.29, 1.82) is 0 Å². The fourth-order valence-corrected chi connectivity index (χ4v) is 1.51. The quantitative estimate of drug-likeness (QED) is 0.853. The van der Waals surface area contributed by atoms with E-state index >= 15 is 0 Å². The number of hydrogen-bond acceptors (Lipinski definition) is 4. The molecule has 5 heteroatoms. The Bertz CT molecular complexity index is 511. The minimum Gasteiger partial charge on any atom is -0.505 e. The minimum atomic E-state index is -0.611. The van der Waals surface area contributed by atoms with Gasteiger partial charge in [0.05, 0.1) is 12.7 Å². The summed E-state index contributed by atoms with van der Waals surface area (Å²) in [6, 6.07) is 4.44. The summed E-state index contributed by atoms with van der Waals surface area (Å²) in [5, 5.41) is 12.5. The summed E-state index contributed by atoms with van der Waals surface area (Å²) < 4.78 is 18.3. The maximum absolute atomic E-state index is 13.0. The van der Waals surface area contributed by atoms with Crippen molar-refractivity contribution in [2.24, 2.45) is 0 Å². The van der Waals surface area contributed by atoms with Gasteiger partial charge < -0.3 is 14.8 Å². The number of aromatic hydroxyl groups is 1. The molecule has 0 unspecified atom stereocenters. The summed E-state index contributed by atoms with van der Waals surface area (Å²) in [4.78, 5) is 3.96. The summed E-state index contributed by atoms with van der Waals surface area (Å²) >= 11 is 0. The molecule has 0 aliphatic rings. The van der Waals surface area contributed by atoms with Crippen LogP contribution in [0.2, 0.25) is 0 Å². The molecule has 2 N–H and O–H groups in total. The van der Waals surface area contributed by atoms with Gasteiger partial charge in [0.1, 0.15) is 5.76 Å². The number of phenolic OH excluding ortho intramolecular Hbond substituents is 1. The molecule has 0 aliphatic carbocycles. The monoisotopic (exact) mass is 236 g/mol. The molecule has 0 radical (unpaired) electrons. The molecule has 0 bridgehead atoms. The van der Waals surface area contributed by atoms with E-state index in [0.717, 1.165) is 0 Å². The van der Waals surface area contributed by atoms with Crippen LogP contribution in [-0.4, -0.2) is 10.1 Å². The third-order valence-electron chi connectivity index (χ3n) is 2.35. The lowest BCUT2D eigenvalue weighted by Crippen LogP contribution is -2.12. The largest absolute Gasteiger partial charge is 0.505 e. The Balaban J connectivity index is 1.92. The van der Waals surface area contributed by atoms with Crippen molar-refractivity contribution in [2.45, 2.75) is 20.0 Å². The molecule has 0 saturated heterocycles. The van der Waals surface area contributed by atoms with Crippen LogP contribution in [0.3, 0.4) is 0 Å². The highest BCUT2D eigenvalue weighted by Crippen LogP contribution is 2.20. The molecule has 2 aromatic rings. The number of nitrogens with zero attached hydrogens (tertiary/aromatic N) is 1. The van der Waals surface area contributed by atoms with Gasteiger partial charge in [0.2, 0.25) is 0 Å². The molecule has 0 atom stereocenters. The first kappa shape index (κ1) is 11.6. The highest BCUT2D eigenvalue weighted by Gasteiger charge is 2.06. The molecule has 1 aromatic carbocycles. The van der Waals surface area contributed by atoms with Gasteiger partial charge in [-0.2, -0.15) is 0 Å². The van der Waals surface area contributed by atoms with Crippen LogP contribution in [0.25, 0.3) is 0 Å². The Morgan fingerprint density at radius 3 is 2.94 bits per heavy atom. The fraction of sp³-hybridized carbons (Fsp3) is 0.250. The van der Waals surface area contributed by atoms with E-state index in [2.05, 4.69) is 10.3 Å². The molecule has 1 aromatic heterocycles. The average Bonchev–Trinajstić information content (AvgIpc) is 2.70. The van der Waals surface area contributed by atoms with Crippen LogP contribution in [0.1, 0.15) is 17.2 Å². The zero-order valence-corrected chi connectivity index (χ0v) is 9.40. The molecule has 17 heavy (non-hydrogen) atoms. The molecule has 0 amide bonds. The van der Waals surface area contributed by atoms with Crippen molar-refractivity contribution in [1.82, 2.24) is 10.3 Å². The van der Waals surface area contributed by atoms with E-state index in [1.807, 2.05) is 0 Å². The van der Waals surface area contributed by atoms with Gasteiger partial charge in [-0.25, -0.2) is 9.37 Å². The number of benzene rings is 1. The Hall–Kier alpha value is -1.88. The fourth-order valence-electron chi connectivity index (χ4n) is 1.51. The van der Waals surface area contributed by atoms with Crippen LogP contribution in [0.4, 0.5) is 4.39 Å². The van der Waals surface area contributed by atoms with Crippen LogP contribution in [0.15, 0.2) is 28.8 Å². The minimum absolute atomic E-state index is 0.311. The number of aromatic nitrogens is 1. The van der Waals surface area contributed by atoms with Gasteiger partial charge >= 0.3 is 0 Å². The Kier molecular flexibility index (Phi) is 3.39. The van der Waals surface area contributed by atoms with Gasteiger partial charge in [-0.05, 0) is 6.07 Å². The number of halogens is 1. The van der Waals surface area contributed by atoms with Gasteiger partial charge in [0.15, 0.2) is 17.5 Å². The van der Waals surface area contributed by atoms with E-state index in [0.29, 0.717) is 30.3 Å². The number of hydrogen-bond donors (Lipinski definition) is 2. The Morgan fingerprint density at radius 2 is 2.24 bits per heavy atom. The molecule has 1 heterocycles. The maximum atomic E-state index is 13.0. The van der Waals surface area contributed by atoms with Crippen LogP contribution in [0.5, 0.6) is 5.75 Å². The van der Waals surface area contributed by atoms with Gasteiger partial charge in [-0.1, -0.05) is 12.1 Å². The molecule has 90 valence electrons. The third-order valence-corrected chi connectivity index (χ3v) is 2.35. The highest BCUT2D eigenvalue weighted by molar-refractivity contribution is 5.33. The molecule has 2 rings (SSSR count). The van der Waals surface area contributed by atoms with E-state index in [1.165, 1.54) is 6.07 Å². The van der Waals surface area contributed by atoms with Gasteiger partial charge in [-0.3, -0.25) is 0 Å². The standard InChI is InChI=1S/C12H13FN2O2/c1-8-15-7-10(17-8)6-14-5-9-3-2-4-11(13)12(9)16/h2-4,7,14,16H,5-6H2,1H3. The first-order valence-electron chi connectivity index (χ1n) is 5.25. The topological polar surface area (TPSA) is 58.3 Å². The maximum Gasteiger partial charge on any atom is 0.191 e. The number of oxazole rings is 1. The molecule has 4 nitrogen and oxygen atoms in total. The average molecular weight is 236 g/mol. The zero-order chi connectivity index (χ0) is 12.3. The predicted octanol–water partition coefficient (Wildman–Crippen LogP) is 2.12. The van der Waals surface area contributed by atoms with Crippen LogP contribution in [-0.2, 0) is 13.1 Å². The first-order chi connectivity index (χ1) is 8.16. The summed E-state index contributed by atoms with van der Waals surface area (Å²) in [5.41, 5.74) is 0.515. The van der Waals surface area contributed by atoms with Crippen molar-refractivity contribution in [3.8, 4) is 5.75 Å². The van der Waals surface area contributed by atoms with Crippen molar-refractivity contribution in [3.63, 3.8) is 0 Å². The Morgan fingerprint density at radius 1 is 1.41 bits per heavy atom. The van der Waals surface area contributed by atoms with Crippen molar-refractivity contribution < 1.29 is 13.9 Å². The smallest absolute Gasteiger partial charge is 0.191 e. The molecule has 0 fully saturated rings. The summed E-state index contributed by atoms with van der Waals surface area (Å²) in [6.07, 6.45) is 1.63. The van der Waals surface area contributed by atoms with E-state index in [9.17, 15) is 9.50 Å². The summed E-state index contributed by atoms with van der Waals surface area (Å²) in [6.45, 7) is 2.61. The number of rotatable bonds is 4. The van der Waals surface area contributed by atoms with E-state index in [-0.39, 0.29) is 5.75 Å². The summed E-state index contributed by atoms with van der Waals surface area (Å²) in [5.74, 6) is 0.391. The van der Waals surface area contributed by atoms with Crippen LogP contribution in [0, 0.1) is 12.7 Å². The molecular weight excluding hydrogens is 223 g/mol. The molecular formula is C12H13FN2O2. The van der Waals surface area contributed by atoms with Crippen molar-refractivity contribution in [3.05, 3.63) is 47.4 Å². The molecule has 0 spiro atoms. The highest BCUT2D eigenvalue weighted by atomic mass is 19.1. The van der Waals surface area contributed by atoms with E-state index in [4.69, 9.17) is 4.42 Å². The molecule has 0 aliphatic heterocycles. The normalized spacial score (nSPS) is 10.7. The van der Waals surface area contributed by atoms with Gasteiger partial charge in [-0.15, -0.1) is 0 Å². The lowest BCUT2D eigenvalue weighted by molar-refractivity contribution is 0.419. The van der Waals surface area contributed by atoms with E-state index in [1.54, 1.807) is 25.3 Å². The lowest BCUT2D eigenvalue weighted by atomic mass is 10.2. The zero-order valence-electron chi connectivity index (χ0n) is 9.40. The SMILES string of the molecule is Cc1ncc(CNCc2cccc(F)c2O)o1. The first-order valence-corrected chi connectivity index (χ1v) is 5.25. The molecule has 0 saturated carbocycles. The van der Waals surface area contributed by atoms with E-state index < -0.39 is 5.82 Å². The number of para-hydroxylation sites is 1. The predicted molar refractivity (Wildman–Crippen MR) is 59.8 cm³/mol. The second kappa shape index (κ2) is 4.97. The second-order valence-electron chi connectivity index (χ2n) is 3.70. The van der Waals surface area contributed by atoms with Crippen LogP contribution < -0.4 is 5.32 Å². The van der Waals surface area contributed by atoms with Gasteiger partial charge in [0.25, 0.3) is 0 Å². The number of aryl methyl sites for hydroxylation is 1. The second-order valence-corrected chi connectivity index (χ2v) is 3.70. The van der Waals surface area contributed by atoms with Gasteiger partial charge in [0, 0.05) is 19.0 Å². The van der Waals surface area contributed by atoms with Crippen LogP contribution >= 0.6 is 0 Å². The third kappa shape index (κ3) is 2.82. The number of phenols is 1. The summed E-state index contributed by atoms with van der Waals surface area (Å²) in [7, 11) is 0. The lowest BCUT2D eigenvalue weighted by Gasteiger charge is -2.05. The Labute approximate surface area is 98.1 Å². The number of nitrogens with one attached hydrogen (secondary N) is 1. The van der Waals surface area contributed by atoms with Crippen molar-refractivity contribution in [2.75, 3.05) is 0 Å².